The number of non-ortho nitro benzene ring substituents is 1. The molecule has 0 unspecified atom stereocenters. The number of pyridine rings is 1. The van der Waals surface area contributed by atoms with Gasteiger partial charge in [-0.25, -0.2) is 8.42 Å². The number of aromatic nitrogens is 1. The Morgan fingerprint density at radius 2 is 2.03 bits per heavy atom. The minimum absolute atomic E-state index is 0.000307. The molecule has 2 aromatic rings. The number of anilines is 1. The van der Waals surface area contributed by atoms with E-state index >= 15 is 0 Å². The van der Waals surface area contributed by atoms with Gasteiger partial charge in [0.25, 0.3) is 15.8 Å². The third kappa shape index (κ3) is 6.15. The number of sulfonamides is 1. The summed E-state index contributed by atoms with van der Waals surface area (Å²) in [5.41, 5.74) is 1.20. The summed E-state index contributed by atoms with van der Waals surface area (Å²) >= 11 is 0. The molecule has 188 valence electrons. The lowest BCUT2D eigenvalue weighted by Crippen LogP contribution is -2.38. The molecule has 0 fully saturated rings. The van der Waals surface area contributed by atoms with Crippen LogP contribution in [0, 0.1) is 22.5 Å². The smallest absolute Gasteiger partial charge is 0.272 e. The van der Waals surface area contributed by atoms with E-state index in [0.29, 0.717) is 25.1 Å². The van der Waals surface area contributed by atoms with Crippen LogP contribution in [0.2, 0.25) is 0 Å². The summed E-state index contributed by atoms with van der Waals surface area (Å²) in [6, 6.07) is 5.80. The van der Waals surface area contributed by atoms with E-state index in [-0.39, 0.29) is 42.4 Å². The second-order valence-electron chi connectivity index (χ2n) is 7.95. The molecule has 11 nitrogen and oxygen atoms in total. The van der Waals surface area contributed by atoms with Crippen molar-refractivity contribution in [2.24, 2.45) is 0 Å². The summed E-state index contributed by atoms with van der Waals surface area (Å²) in [5.74, 6) is 2.37. The zero-order chi connectivity index (χ0) is 25.8. The number of benzene rings is 1. The van der Waals surface area contributed by atoms with Crippen molar-refractivity contribution in [1.29, 1.82) is 0 Å². The van der Waals surface area contributed by atoms with Gasteiger partial charge < -0.3 is 4.90 Å². The number of nitro groups is 1. The first-order valence-electron chi connectivity index (χ1n) is 10.8. The third-order valence-corrected chi connectivity index (χ3v) is 7.91. The van der Waals surface area contributed by atoms with E-state index in [2.05, 4.69) is 10.9 Å². The Balaban J connectivity index is 2.13. The molecule has 1 aromatic heterocycles. The number of terminal acetylenes is 1. The number of hydrogen-bond donors (Lipinski definition) is 0. The minimum Gasteiger partial charge on any atom is -0.367 e. The summed E-state index contributed by atoms with van der Waals surface area (Å²) in [6.45, 7) is 2.09. The molecule has 0 amide bonds. The van der Waals surface area contributed by atoms with Gasteiger partial charge in [-0.1, -0.05) is 18.9 Å². The SMILES string of the molecule is C#Cc1cc([N+](=O)[O-])cc(S(=O)(=O)N2CCc3cccnc3C2)c1N(CCC)CCOS(C)(=O)=O. The quantitative estimate of drug-likeness (QED) is 0.198. The predicted molar refractivity (Wildman–Crippen MR) is 130 cm³/mol. The number of hydrogen-bond acceptors (Lipinski definition) is 9. The topological polar surface area (TPSA) is 140 Å². The summed E-state index contributed by atoms with van der Waals surface area (Å²) in [5, 5.41) is 11.6. The Morgan fingerprint density at radius 3 is 2.66 bits per heavy atom. The van der Waals surface area contributed by atoms with E-state index in [1.165, 1.54) is 4.31 Å². The first-order chi connectivity index (χ1) is 16.5. The van der Waals surface area contributed by atoms with Crippen LogP contribution in [0.5, 0.6) is 0 Å². The van der Waals surface area contributed by atoms with E-state index in [1.54, 1.807) is 17.2 Å². The third-order valence-electron chi connectivity index (χ3n) is 5.45. The van der Waals surface area contributed by atoms with Crippen LogP contribution in [0.25, 0.3) is 0 Å². The van der Waals surface area contributed by atoms with Gasteiger partial charge in [0.2, 0.25) is 10.0 Å². The first-order valence-corrected chi connectivity index (χ1v) is 14.0. The van der Waals surface area contributed by atoms with Gasteiger partial charge in [-0.2, -0.15) is 12.7 Å². The van der Waals surface area contributed by atoms with Gasteiger partial charge in [-0.3, -0.25) is 19.3 Å². The van der Waals surface area contributed by atoms with Gasteiger partial charge in [-0.15, -0.1) is 6.42 Å². The highest BCUT2D eigenvalue weighted by Crippen LogP contribution is 2.36. The molecule has 0 spiro atoms. The maximum absolute atomic E-state index is 13.9. The molecule has 0 aliphatic carbocycles. The van der Waals surface area contributed by atoms with E-state index in [4.69, 9.17) is 10.6 Å². The van der Waals surface area contributed by atoms with Crippen molar-refractivity contribution < 1.29 is 25.9 Å². The lowest BCUT2D eigenvalue weighted by atomic mass is 10.1. The largest absolute Gasteiger partial charge is 0.367 e. The molecule has 0 saturated carbocycles. The van der Waals surface area contributed by atoms with Crippen molar-refractivity contribution in [1.82, 2.24) is 9.29 Å². The number of rotatable bonds is 10. The number of nitrogens with zero attached hydrogens (tertiary/aromatic N) is 4. The van der Waals surface area contributed by atoms with Crippen LogP contribution in [-0.2, 0) is 37.3 Å². The Morgan fingerprint density at radius 1 is 1.29 bits per heavy atom. The molecule has 0 N–H and O–H groups in total. The molecule has 35 heavy (non-hydrogen) atoms. The number of nitro benzene ring substituents is 1. The normalized spacial score (nSPS) is 14.2. The van der Waals surface area contributed by atoms with Crippen LogP contribution in [-0.4, -0.2) is 63.5 Å². The molecular formula is C22H26N4O7S2. The van der Waals surface area contributed by atoms with Crippen molar-refractivity contribution in [2.75, 3.05) is 37.4 Å². The molecule has 1 aliphatic rings. The second-order valence-corrected chi connectivity index (χ2v) is 11.5. The Hall–Kier alpha value is -3.05. The maximum atomic E-state index is 13.9. The van der Waals surface area contributed by atoms with Crippen LogP contribution in [0.3, 0.4) is 0 Å². The maximum Gasteiger partial charge on any atom is 0.272 e. The fourth-order valence-electron chi connectivity index (χ4n) is 3.91. The minimum atomic E-state index is -4.25. The highest BCUT2D eigenvalue weighted by atomic mass is 32.2. The zero-order valence-electron chi connectivity index (χ0n) is 19.4. The van der Waals surface area contributed by atoms with Gasteiger partial charge in [0.05, 0.1) is 41.3 Å². The predicted octanol–water partition coefficient (Wildman–Crippen LogP) is 1.91. The second kappa shape index (κ2) is 10.7. The summed E-state index contributed by atoms with van der Waals surface area (Å²) in [6.07, 6.45) is 9.16. The van der Waals surface area contributed by atoms with E-state index < -0.39 is 30.8 Å². The van der Waals surface area contributed by atoms with Crippen molar-refractivity contribution in [3.8, 4) is 12.3 Å². The summed E-state index contributed by atoms with van der Waals surface area (Å²) in [4.78, 5) is 16.4. The molecule has 13 heteroatoms. The average Bonchev–Trinajstić information content (AvgIpc) is 2.81. The molecular weight excluding hydrogens is 496 g/mol. The zero-order valence-corrected chi connectivity index (χ0v) is 21.0. The highest BCUT2D eigenvalue weighted by molar-refractivity contribution is 7.89. The molecule has 3 rings (SSSR count). The lowest BCUT2D eigenvalue weighted by Gasteiger charge is -2.31. The van der Waals surface area contributed by atoms with Crippen molar-refractivity contribution in [3.05, 3.63) is 57.4 Å². The standard InChI is InChI=1S/C22H26N4O7S2/c1-4-10-24(12-13-33-34(3,29)30)22-17(5-2)14-19(26(27)28)15-21(22)35(31,32)25-11-8-18-7-6-9-23-20(18)16-25/h2,6-7,9,14-15H,4,8,10-13,16H2,1,3H3. The first kappa shape index (κ1) is 26.6. The summed E-state index contributed by atoms with van der Waals surface area (Å²) in [7, 11) is -7.97. The molecule has 0 saturated heterocycles. The van der Waals surface area contributed by atoms with E-state index in [9.17, 15) is 26.9 Å². The highest BCUT2D eigenvalue weighted by Gasteiger charge is 2.35. The molecule has 0 bridgehead atoms. The molecule has 0 radical (unpaired) electrons. The fraction of sp³-hybridized carbons (Fsp3) is 0.409. The Kier molecular flexibility index (Phi) is 8.11. The van der Waals surface area contributed by atoms with Crippen LogP contribution >= 0.6 is 0 Å². The van der Waals surface area contributed by atoms with Crippen molar-refractivity contribution in [3.63, 3.8) is 0 Å². The van der Waals surface area contributed by atoms with Crippen molar-refractivity contribution in [2.45, 2.75) is 31.2 Å². The summed E-state index contributed by atoms with van der Waals surface area (Å²) < 4.78 is 56.6. The van der Waals surface area contributed by atoms with Gasteiger partial charge in [0.15, 0.2) is 0 Å². The monoisotopic (exact) mass is 522 g/mol. The number of fused-ring (bicyclic) bond motifs is 1. The molecule has 0 atom stereocenters. The van der Waals surface area contributed by atoms with Crippen LogP contribution in [0.4, 0.5) is 11.4 Å². The Labute approximate surface area is 205 Å². The van der Waals surface area contributed by atoms with E-state index in [0.717, 1.165) is 24.0 Å². The average molecular weight is 523 g/mol. The lowest BCUT2D eigenvalue weighted by molar-refractivity contribution is -0.385. The van der Waals surface area contributed by atoms with Gasteiger partial charge >= 0.3 is 0 Å². The van der Waals surface area contributed by atoms with Gasteiger partial charge in [0.1, 0.15) is 4.90 Å². The van der Waals surface area contributed by atoms with Crippen LogP contribution in [0.15, 0.2) is 35.4 Å². The van der Waals surface area contributed by atoms with Gasteiger partial charge in [0, 0.05) is 38.0 Å². The van der Waals surface area contributed by atoms with Crippen LogP contribution < -0.4 is 4.90 Å². The molecule has 1 aliphatic heterocycles. The fourth-order valence-corrected chi connectivity index (χ4v) is 5.94. The molecule has 2 heterocycles. The molecule has 1 aromatic carbocycles. The van der Waals surface area contributed by atoms with Gasteiger partial charge in [-0.05, 0) is 24.5 Å². The van der Waals surface area contributed by atoms with E-state index in [1.807, 2.05) is 13.0 Å². The Bertz CT molecular complexity index is 1370. The van der Waals surface area contributed by atoms with Crippen LogP contribution in [0.1, 0.15) is 30.2 Å². The van der Waals surface area contributed by atoms with Crippen molar-refractivity contribution >= 4 is 31.5 Å².